The molecule has 0 saturated carbocycles. The molecule has 3 aromatic carbocycles. The standard InChI is InChI=1S/C31H31NO7/c1-21(2)30(33)37-19-9-5-4-8-18-36-27-17-14-23(20-28(27)35-3)31(34)38-24-15-12-22(13-16-24)29-32-25-10-6-7-11-26(25)39-29/h6-7,10-17,20H,1,4-5,8-9,18-19H2,2-3H3. The number of carbonyl (C=O) groups excluding carboxylic acids is 2. The maximum Gasteiger partial charge on any atom is 0.343 e. The van der Waals surface area contributed by atoms with Crippen molar-refractivity contribution in [2.45, 2.75) is 32.6 Å². The van der Waals surface area contributed by atoms with E-state index >= 15 is 0 Å². The van der Waals surface area contributed by atoms with Crippen LogP contribution in [0.3, 0.4) is 0 Å². The highest BCUT2D eigenvalue weighted by Gasteiger charge is 2.14. The number of benzene rings is 3. The number of carbonyl (C=O) groups is 2. The molecule has 0 spiro atoms. The number of hydrogen-bond acceptors (Lipinski definition) is 8. The minimum atomic E-state index is -0.512. The second kappa shape index (κ2) is 13.3. The predicted molar refractivity (Wildman–Crippen MR) is 147 cm³/mol. The first-order valence-electron chi connectivity index (χ1n) is 12.8. The highest BCUT2D eigenvalue weighted by molar-refractivity contribution is 5.92. The van der Waals surface area contributed by atoms with Crippen molar-refractivity contribution in [3.05, 3.63) is 84.4 Å². The molecular weight excluding hydrogens is 498 g/mol. The van der Waals surface area contributed by atoms with E-state index in [2.05, 4.69) is 11.6 Å². The predicted octanol–water partition coefficient (Wildman–Crippen LogP) is 6.78. The molecule has 0 bridgehead atoms. The number of fused-ring (bicyclic) bond motifs is 1. The number of aromatic nitrogens is 1. The van der Waals surface area contributed by atoms with Gasteiger partial charge in [0.15, 0.2) is 17.1 Å². The molecule has 39 heavy (non-hydrogen) atoms. The van der Waals surface area contributed by atoms with Crippen LogP contribution in [0.15, 0.2) is 83.3 Å². The fourth-order valence-electron chi connectivity index (χ4n) is 3.77. The Hall–Kier alpha value is -4.59. The van der Waals surface area contributed by atoms with Crippen molar-refractivity contribution < 1.29 is 33.0 Å². The van der Waals surface area contributed by atoms with Crippen LogP contribution in [0.2, 0.25) is 0 Å². The second-order valence-corrected chi connectivity index (χ2v) is 8.95. The lowest BCUT2D eigenvalue weighted by atomic mass is 10.2. The van der Waals surface area contributed by atoms with Crippen molar-refractivity contribution in [2.24, 2.45) is 0 Å². The molecule has 8 nitrogen and oxygen atoms in total. The van der Waals surface area contributed by atoms with Gasteiger partial charge in [-0.25, -0.2) is 14.6 Å². The normalized spacial score (nSPS) is 10.7. The molecule has 0 N–H and O–H groups in total. The van der Waals surface area contributed by atoms with Crippen LogP contribution in [0, 0.1) is 0 Å². The van der Waals surface area contributed by atoms with Gasteiger partial charge in [0.25, 0.3) is 0 Å². The largest absolute Gasteiger partial charge is 0.493 e. The Morgan fingerprint density at radius 1 is 0.897 bits per heavy atom. The van der Waals surface area contributed by atoms with Crippen LogP contribution >= 0.6 is 0 Å². The van der Waals surface area contributed by atoms with Gasteiger partial charge in [-0.15, -0.1) is 0 Å². The average molecular weight is 530 g/mol. The van der Waals surface area contributed by atoms with Gasteiger partial charge in [0.2, 0.25) is 5.89 Å². The van der Waals surface area contributed by atoms with E-state index in [4.69, 9.17) is 23.4 Å². The van der Waals surface area contributed by atoms with E-state index in [0.717, 1.165) is 36.8 Å². The molecular formula is C31H31NO7. The smallest absolute Gasteiger partial charge is 0.343 e. The van der Waals surface area contributed by atoms with Crippen LogP contribution in [0.25, 0.3) is 22.6 Å². The van der Waals surface area contributed by atoms with Gasteiger partial charge in [0.05, 0.1) is 25.9 Å². The molecule has 0 aliphatic rings. The van der Waals surface area contributed by atoms with Crippen LogP contribution in [0.4, 0.5) is 0 Å². The summed E-state index contributed by atoms with van der Waals surface area (Å²) < 4.78 is 27.7. The Morgan fingerprint density at radius 3 is 2.36 bits per heavy atom. The molecule has 4 aromatic rings. The second-order valence-electron chi connectivity index (χ2n) is 8.95. The Balaban J connectivity index is 1.25. The molecule has 0 saturated heterocycles. The molecule has 0 amide bonds. The highest BCUT2D eigenvalue weighted by Crippen LogP contribution is 2.30. The maximum absolute atomic E-state index is 12.7. The third-order valence-electron chi connectivity index (χ3n) is 5.88. The maximum atomic E-state index is 12.7. The number of unbranched alkanes of at least 4 members (excludes halogenated alkanes) is 3. The van der Waals surface area contributed by atoms with Crippen LogP contribution in [-0.2, 0) is 9.53 Å². The van der Waals surface area contributed by atoms with Crippen molar-refractivity contribution in [1.82, 2.24) is 4.98 Å². The van der Waals surface area contributed by atoms with Gasteiger partial charge < -0.3 is 23.4 Å². The van der Waals surface area contributed by atoms with Crippen LogP contribution in [0.5, 0.6) is 17.2 Å². The van der Waals surface area contributed by atoms with Crippen LogP contribution < -0.4 is 14.2 Å². The molecule has 202 valence electrons. The van der Waals surface area contributed by atoms with E-state index in [9.17, 15) is 9.59 Å². The third-order valence-corrected chi connectivity index (χ3v) is 5.88. The van der Waals surface area contributed by atoms with E-state index in [-0.39, 0.29) is 5.97 Å². The number of rotatable bonds is 13. The monoisotopic (exact) mass is 529 g/mol. The van der Waals surface area contributed by atoms with Crippen molar-refractivity contribution in [3.8, 4) is 28.7 Å². The van der Waals surface area contributed by atoms with Gasteiger partial charge in [-0.2, -0.15) is 0 Å². The van der Waals surface area contributed by atoms with Gasteiger partial charge in [0.1, 0.15) is 11.3 Å². The molecule has 0 radical (unpaired) electrons. The quantitative estimate of drug-likeness (QED) is 0.0809. The van der Waals surface area contributed by atoms with Gasteiger partial charge in [-0.3, -0.25) is 0 Å². The van der Waals surface area contributed by atoms with Crippen molar-refractivity contribution in [1.29, 1.82) is 0 Å². The summed E-state index contributed by atoms with van der Waals surface area (Å²) in [6, 6.07) is 19.5. The molecule has 1 aromatic heterocycles. The number of nitrogens with zero attached hydrogens (tertiary/aromatic N) is 1. The average Bonchev–Trinajstić information content (AvgIpc) is 3.39. The molecule has 0 aliphatic carbocycles. The van der Waals surface area contributed by atoms with Crippen LogP contribution in [0.1, 0.15) is 43.0 Å². The SMILES string of the molecule is C=C(C)C(=O)OCCCCCCOc1ccc(C(=O)Oc2ccc(-c3nc4ccccc4o3)cc2)cc1OC. The first kappa shape index (κ1) is 27.4. The summed E-state index contributed by atoms with van der Waals surface area (Å²) in [5.41, 5.74) is 3.02. The van der Waals surface area contributed by atoms with Gasteiger partial charge in [-0.05, 0) is 87.2 Å². The minimum absolute atomic E-state index is 0.339. The Bertz CT molecular complexity index is 1410. The Morgan fingerprint density at radius 2 is 1.64 bits per heavy atom. The van der Waals surface area contributed by atoms with Crippen molar-refractivity contribution in [2.75, 3.05) is 20.3 Å². The molecule has 0 unspecified atom stereocenters. The zero-order chi connectivity index (χ0) is 27.6. The summed E-state index contributed by atoms with van der Waals surface area (Å²) in [7, 11) is 1.52. The number of esters is 2. The summed E-state index contributed by atoms with van der Waals surface area (Å²) in [5.74, 6) is 1.02. The van der Waals surface area contributed by atoms with E-state index < -0.39 is 5.97 Å². The first-order valence-corrected chi connectivity index (χ1v) is 12.8. The number of para-hydroxylation sites is 2. The summed E-state index contributed by atoms with van der Waals surface area (Å²) in [6.07, 6.45) is 3.48. The molecule has 1 heterocycles. The topological polar surface area (TPSA) is 97.1 Å². The lowest BCUT2D eigenvalue weighted by Crippen LogP contribution is -2.09. The number of hydrogen-bond donors (Lipinski definition) is 0. The minimum Gasteiger partial charge on any atom is -0.493 e. The molecule has 8 heteroatoms. The summed E-state index contributed by atoms with van der Waals surface area (Å²) >= 11 is 0. The molecule has 0 fully saturated rings. The van der Waals surface area contributed by atoms with Crippen molar-refractivity contribution >= 4 is 23.0 Å². The van der Waals surface area contributed by atoms with Crippen LogP contribution in [-0.4, -0.2) is 37.2 Å². The molecule has 4 rings (SSSR count). The lowest BCUT2D eigenvalue weighted by molar-refractivity contribution is -0.139. The van der Waals surface area contributed by atoms with E-state index in [1.165, 1.54) is 7.11 Å². The summed E-state index contributed by atoms with van der Waals surface area (Å²) in [6.45, 7) is 6.07. The number of ether oxygens (including phenoxy) is 4. The highest BCUT2D eigenvalue weighted by atomic mass is 16.5. The summed E-state index contributed by atoms with van der Waals surface area (Å²) in [5, 5.41) is 0. The number of methoxy groups -OCH3 is 1. The third kappa shape index (κ3) is 7.47. The summed E-state index contributed by atoms with van der Waals surface area (Å²) in [4.78, 5) is 28.6. The molecule has 0 atom stereocenters. The van der Waals surface area contributed by atoms with E-state index in [0.29, 0.717) is 53.1 Å². The number of oxazole rings is 1. The zero-order valence-corrected chi connectivity index (χ0v) is 22.1. The van der Waals surface area contributed by atoms with Gasteiger partial charge in [0, 0.05) is 11.1 Å². The van der Waals surface area contributed by atoms with Crippen molar-refractivity contribution in [3.63, 3.8) is 0 Å². The zero-order valence-electron chi connectivity index (χ0n) is 22.1. The lowest BCUT2D eigenvalue weighted by Gasteiger charge is -2.12. The fourth-order valence-corrected chi connectivity index (χ4v) is 3.77. The first-order chi connectivity index (χ1) is 18.9. The van der Waals surface area contributed by atoms with E-state index in [1.54, 1.807) is 49.4 Å². The van der Waals surface area contributed by atoms with Gasteiger partial charge in [-0.1, -0.05) is 18.7 Å². The van der Waals surface area contributed by atoms with Gasteiger partial charge >= 0.3 is 11.9 Å². The fraction of sp³-hybridized carbons (Fsp3) is 0.258. The Kier molecular flexibility index (Phi) is 9.34. The van der Waals surface area contributed by atoms with E-state index in [1.807, 2.05) is 24.3 Å². The Labute approximate surface area is 227 Å². The molecule has 0 aliphatic heterocycles.